The molecule has 0 amide bonds. The summed E-state index contributed by atoms with van der Waals surface area (Å²) in [6, 6.07) is 4.12. The third kappa shape index (κ3) is 2.90. The fraction of sp³-hybridized carbons (Fsp3) is 0.632. The molecule has 0 radical (unpaired) electrons. The molecule has 5 heterocycles. The van der Waals surface area contributed by atoms with E-state index >= 15 is 0 Å². The molecule has 2 aromatic heterocycles. The molecule has 3 aliphatic heterocycles. The molecule has 2 aromatic rings. The first-order valence-electron chi connectivity index (χ1n) is 9.58. The highest BCUT2D eigenvalue weighted by Gasteiger charge is 2.62. The van der Waals surface area contributed by atoms with Crippen LogP contribution in [0.2, 0.25) is 0 Å². The van der Waals surface area contributed by atoms with Gasteiger partial charge in [0.05, 0.1) is 18.0 Å². The van der Waals surface area contributed by atoms with Crippen molar-refractivity contribution in [1.29, 1.82) is 0 Å². The summed E-state index contributed by atoms with van der Waals surface area (Å²) < 4.78 is 34.3. The summed E-state index contributed by atoms with van der Waals surface area (Å²) in [4.78, 5) is 6.96. The highest BCUT2D eigenvalue weighted by atomic mass is 32.2. The van der Waals surface area contributed by atoms with Crippen LogP contribution in [0.4, 0.5) is 0 Å². The van der Waals surface area contributed by atoms with Crippen LogP contribution in [0.25, 0.3) is 11.0 Å². The number of hydrogen-bond donors (Lipinski definition) is 1. The summed E-state index contributed by atoms with van der Waals surface area (Å²) in [5.41, 5.74) is 2.21. The Kier molecular flexibility index (Phi) is 3.92. The van der Waals surface area contributed by atoms with Crippen LogP contribution in [0.3, 0.4) is 0 Å². The Labute approximate surface area is 159 Å². The van der Waals surface area contributed by atoms with E-state index in [0.717, 1.165) is 38.1 Å². The van der Waals surface area contributed by atoms with Gasteiger partial charge in [-0.15, -0.1) is 0 Å². The molecule has 27 heavy (non-hydrogen) atoms. The number of ether oxygens (including phenoxy) is 1. The molecule has 1 N–H and O–H groups in total. The lowest BCUT2D eigenvalue weighted by atomic mass is 9.74. The first-order chi connectivity index (χ1) is 12.8. The lowest BCUT2D eigenvalue weighted by Crippen LogP contribution is -2.41. The van der Waals surface area contributed by atoms with Crippen LogP contribution in [-0.2, 0) is 28.4 Å². The van der Waals surface area contributed by atoms with Crippen LogP contribution in [0.1, 0.15) is 18.4 Å². The molecule has 5 rings (SSSR count). The Bertz CT molecular complexity index is 988. The average molecular weight is 391 g/mol. The summed E-state index contributed by atoms with van der Waals surface area (Å²) in [5.74, 6) is 0.672. The van der Waals surface area contributed by atoms with Crippen molar-refractivity contribution in [2.24, 2.45) is 18.9 Å². The van der Waals surface area contributed by atoms with Crippen molar-refractivity contribution < 1.29 is 13.2 Å². The van der Waals surface area contributed by atoms with E-state index < -0.39 is 10.0 Å². The van der Waals surface area contributed by atoms with Crippen LogP contribution in [0, 0.1) is 11.8 Å². The third-order valence-corrected chi connectivity index (χ3v) is 7.34. The highest BCUT2D eigenvalue weighted by molar-refractivity contribution is 7.88. The fourth-order valence-corrected chi connectivity index (χ4v) is 6.08. The Hall–Kier alpha value is -1.48. The molecule has 0 aliphatic carbocycles. The van der Waals surface area contributed by atoms with E-state index in [9.17, 15) is 8.42 Å². The van der Waals surface area contributed by atoms with Gasteiger partial charge in [-0.25, -0.2) is 18.1 Å². The molecule has 2 bridgehead atoms. The molecule has 3 fully saturated rings. The number of nitrogens with one attached hydrogen (secondary N) is 1. The van der Waals surface area contributed by atoms with Gasteiger partial charge in [0.2, 0.25) is 10.0 Å². The van der Waals surface area contributed by atoms with Crippen LogP contribution in [-0.4, -0.2) is 60.5 Å². The predicted molar refractivity (Wildman–Crippen MR) is 103 cm³/mol. The maximum Gasteiger partial charge on any atom is 0.208 e. The van der Waals surface area contributed by atoms with Crippen LogP contribution < -0.4 is 4.72 Å². The van der Waals surface area contributed by atoms with Crippen molar-refractivity contribution in [1.82, 2.24) is 19.2 Å². The minimum absolute atomic E-state index is 0.0860. The molecule has 4 atom stereocenters. The van der Waals surface area contributed by atoms with Crippen LogP contribution >= 0.6 is 0 Å². The summed E-state index contributed by atoms with van der Waals surface area (Å²) >= 11 is 0. The molecule has 146 valence electrons. The molecule has 8 heteroatoms. The first kappa shape index (κ1) is 17.6. The number of nitrogens with zero attached hydrogens (tertiary/aromatic N) is 3. The first-order valence-corrected chi connectivity index (χ1v) is 11.5. The Morgan fingerprint density at radius 2 is 2.30 bits per heavy atom. The van der Waals surface area contributed by atoms with E-state index in [4.69, 9.17) is 4.74 Å². The van der Waals surface area contributed by atoms with Gasteiger partial charge in [-0.2, -0.15) is 0 Å². The van der Waals surface area contributed by atoms with Crippen molar-refractivity contribution in [2.45, 2.75) is 31.1 Å². The Morgan fingerprint density at radius 1 is 1.44 bits per heavy atom. The second-order valence-electron chi connectivity index (χ2n) is 8.46. The minimum atomic E-state index is -3.17. The van der Waals surface area contributed by atoms with E-state index in [-0.39, 0.29) is 17.6 Å². The van der Waals surface area contributed by atoms with E-state index in [0.29, 0.717) is 12.5 Å². The molecule has 0 unspecified atom stereocenters. The average Bonchev–Trinajstić information content (AvgIpc) is 3.32. The van der Waals surface area contributed by atoms with Gasteiger partial charge < -0.3 is 9.30 Å². The topological polar surface area (TPSA) is 76.5 Å². The molecule has 3 aliphatic rings. The monoisotopic (exact) mass is 390 g/mol. The Balaban J connectivity index is 1.35. The third-order valence-electron chi connectivity index (χ3n) is 6.65. The van der Waals surface area contributed by atoms with Gasteiger partial charge in [-0.3, -0.25) is 4.90 Å². The number of sulfonamides is 1. The zero-order chi connectivity index (χ0) is 18.8. The summed E-state index contributed by atoms with van der Waals surface area (Å²) in [5, 5.41) is 1.20. The normalized spacial score (nSPS) is 33.2. The van der Waals surface area contributed by atoms with Gasteiger partial charge in [-0.05, 0) is 30.5 Å². The number of likely N-dealkylation sites (tertiary alicyclic amines) is 1. The molecule has 7 nitrogen and oxygen atoms in total. The SMILES string of the molecule is Cn1cc(CN2C[C@@H]3[C@H](CNS(C)(=O)=O)[C@H]4CC[C@]3(C2)O4)c2cccnc21. The number of aromatic nitrogens is 2. The summed E-state index contributed by atoms with van der Waals surface area (Å²) in [6.45, 7) is 3.26. The van der Waals surface area contributed by atoms with Crippen molar-refractivity contribution in [3.8, 4) is 0 Å². The van der Waals surface area contributed by atoms with Gasteiger partial charge in [-0.1, -0.05) is 0 Å². The molecular weight excluding hydrogens is 364 g/mol. The van der Waals surface area contributed by atoms with Gasteiger partial charge in [0.15, 0.2) is 0 Å². The van der Waals surface area contributed by atoms with Gasteiger partial charge in [0, 0.05) is 62.8 Å². The fourth-order valence-electron chi connectivity index (χ4n) is 5.59. The standard InChI is InChI=1S/C19H26N4O3S/c1-22-9-13(14-4-3-7-20-18(14)22)10-23-11-16-15(8-21-27(2,24)25)17-5-6-19(16,12-23)26-17/h3-4,7,9,15-17,21H,5-6,8,10-12H2,1-2H3/t15-,16+,17+,19+/m0/s1. The smallest absolute Gasteiger partial charge is 0.208 e. The van der Waals surface area contributed by atoms with Gasteiger partial charge in [0.1, 0.15) is 5.65 Å². The van der Waals surface area contributed by atoms with E-state index in [2.05, 4.69) is 31.4 Å². The summed E-state index contributed by atoms with van der Waals surface area (Å²) in [6.07, 6.45) is 7.56. The van der Waals surface area contributed by atoms with Gasteiger partial charge >= 0.3 is 0 Å². The van der Waals surface area contributed by atoms with E-state index in [1.165, 1.54) is 17.2 Å². The predicted octanol–water partition coefficient (Wildman–Crippen LogP) is 1.10. The van der Waals surface area contributed by atoms with Crippen molar-refractivity contribution >= 4 is 21.1 Å². The van der Waals surface area contributed by atoms with Crippen molar-refractivity contribution in [2.75, 3.05) is 25.9 Å². The van der Waals surface area contributed by atoms with Crippen molar-refractivity contribution in [3.63, 3.8) is 0 Å². The number of pyridine rings is 1. The van der Waals surface area contributed by atoms with Gasteiger partial charge in [0.25, 0.3) is 0 Å². The molecule has 1 spiro atoms. The second-order valence-corrected chi connectivity index (χ2v) is 10.3. The minimum Gasteiger partial charge on any atom is -0.370 e. The number of hydrogen-bond acceptors (Lipinski definition) is 5. The largest absolute Gasteiger partial charge is 0.370 e. The maximum absolute atomic E-state index is 11.5. The molecule has 0 saturated carbocycles. The number of rotatable bonds is 5. The quantitative estimate of drug-likeness (QED) is 0.827. The Morgan fingerprint density at radius 3 is 3.11 bits per heavy atom. The molecular formula is C19H26N4O3S. The molecule has 0 aromatic carbocycles. The number of aryl methyl sites for hydroxylation is 1. The van der Waals surface area contributed by atoms with E-state index in [1.54, 1.807) is 0 Å². The zero-order valence-corrected chi connectivity index (χ0v) is 16.6. The zero-order valence-electron chi connectivity index (χ0n) is 15.8. The summed E-state index contributed by atoms with van der Waals surface area (Å²) in [7, 11) is -1.14. The van der Waals surface area contributed by atoms with Crippen LogP contribution in [0.5, 0.6) is 0 Å². The lowest BCUT2D eigenvalue weighted by molar-refractivity contribution is 0.00222. The second kappa shape index (κ2) is 6.01. The molecule has 3 saturated heterocycles. The number of fused-ring (bicyclic) bond motifs is 2. The van der Waals surface area contributed by atoms with Crippen LogP contribution in [0.15, 0.2) is 24.5 Å². The lowest BCUT2D eigenvalue weighted by Gasteiger charge is -2.29. The maximum atomic E-state index is 11.5. The van der Waals surface area contributed by atoms with Crippen molar-refractivity contribution in [3.05, 3.63) is 30.1 Å². The highest BCUT2D eigenvalue weighted by Crippen LogP contribution is 2.54. The van der Waals surface area contributed by atoms with E-state index in [1.807, 2.05) is 19.3 Å².